The van der Waals surface area contributed by atoms with Gasteiger partial charge < -0.3 is 14.8 Å². The lowest BCUT2D eigenvalue weighted by molar-refractivity contribution is -0.707. The van der Waals surface area contributed by atoms with Gasteiger partial charge in [0, 0.05) is 5.56 Å². The van der Waals surface area contributed by atoms with Crippen LogP contribution in [0.25, 0.3) is 16.9 Å². The van der Waals surface area contributed by atoms with Gasteiger partial charge in [-0.05, 0) is 56.3 Å². The Labute approximate surface area is 282 Å². The largest absolute Gasteiger partial charge is 0.569 e. The Morgan fingerprint density at radius 3 is 2.22 bits per heavy atom. The fraction of sp³-hybridized carbons (Fsp3) is 0.226. The second-order valence-electron chi connectivity index (χ2n) is 10.9. The van der Waals surface area contributed by atoms with Gasteiger partial charge in [0.05, 0.1) is 39.4 Å². The molecule has 3 aromatic carbocycles. The molecular weight excluding hydrogens is 687 g/mol. The van der Waals surface area contributed by atoms with Crippen LogP contribution in [0, 0.1) is 12.1 Å². The number of alkyl halides is 3. The van der Waals surface area contributed by atoms with Gasteiger partial charge in [0.15, 0.2) is 5.69 Å². The van der Waals surface area contributed by atoms with Crippen LogP contribution < -0.4 is 4.72 Å². The Kier molecular flexibility index (Phi) is 9.80. The minimum Gasteiger partial charge on any atom is -0.569 e. The van der Waals surface area contributed by atoms with E-state index < -0.39 is 57.5 Å². The summed E-state index contributed by atoms with van der Waals surface area (Å²) in [6.07, 6.45) is -7.35. The highest BCUT2D eigenvalue weighted by Crippen LogP contribution is 2.33. The first-order valence-electron chi connectivity index (χ1n) is 14.6. The first-order valence-corrected chi connectivity index (χ1v) is 16.1. The van der Waals surface area contributed by atoms with Gasteiger partial charge in [-0.15, -0.1) is 5.01 Å². The zero-order valence-corrected chi connectivity index (χ0v) is 27.3. The first-order chi connectivity index (χ1) is 23.6. The van der Waals surface area contributed by atoms with Crippen LogP contribution in [0.3, 0.4) is 0 Å². The third-order valence-electron chi connectivity index (χ3n) is 7.36. The van der Waals surface area contributed by atoms with E-state index in [1.807, 2.05) is 6.92 Å². The molecule has 0 fully saturated rings. The molecule has 50 heavy (non-hydrogen) atoms. The maximum Gasteiger partial charge on any atom is 0.435 e. The van der Waals surface area contributed by atoms with Crippen LogP contribution in [-0.4, -0.2) is 77.4 Å². The summed E-state index contributed by atoms with van der Waals surface area (Å²) in [5.41, 5.74) is 0.805. The lowest BCUT2D eigenvalue weighted by atomic mass is 10.1. The second kappa shape index (κ2) is 13.9. The van der Waals surface area contributed by atoms with Gasteiger partial charge in [0.2, 0.25) is 11.5 Å². The second-order valence-corrected chi connectivity index (χ2v) is 12.6. The van der Waals surface area contributed by atoms with Crippen LogP contribution in [-0.2, 0) is 25.8 Å². The van der Waals surface area contributed by atoms with Gasteiger partial charge in [-0.1, -0.05) is 42.0 Å². The summed E-state index contributed by atoms with van der Waals surface area (Å²) >= 11 is 0. The van der Waals surface area contributed by atoms with E-state index in [0.29, 0.717) is 5.56 Å². The maximum absolute atomic E-state index is 13.5. The van der Waals surface area contributed by atoms with Crippen LogP contribution >= 0.6 is 0 Å². The van der Waals surface area contributed by atoms with E-state index in [1.165, 1.54) is 38.2 Å². The van der Waals surface area contributed by atoms with Crippen LogP contribution in [0.4, 0.5) is 18.0 Å². The highest BCUT2D eigenvalue weighted by atomic mass is 32.2. The number of ether oxygens (including phenoxy) is 1. The molecule has 2 heterocycles. The summed E-state index contributed by atoms with van der Waals surface area (Å²) in [4.78, 5) is 42.7. The Balaban J connectivity index is 1.15. The first kappa shape index (κ1) is 35.3. The Hall–Kier alpha value is -5.98. The molecule has 0 radical (unpaired) electrons. The molecule has 5 rings (SSSR count). The molecule has 0 saturated heterocycles. The molecule has 0 spiro atoms. The standard InChI is InChI=1S/C31H28F3N7O8S/c1-19-8-10-21(11-9-19)26-18-27(31(32,33)34)35-40(26)22-12-14-23(15-13-22)50(46,47)36-30(44)48-17-16-38(3)41(45)37-49-20(2)39-28(42)24-6-4-5-7-25(24)29(39)43/h4-15,18,20H,16-17H2,1-3H3,(H,36,44)/b41-37+. The summed E-state index contributed by atoms with van der Waals surface area (Å²) in [6, 6.07) is 18.4. The van der Waals surface area contributed by atoms with Gasteiger partial charge in [0.25, 0.3) is 21.8 Å². The minimum atomic E-state index is -4.73. The summed E-state index contributed by atoms with van der Waals surface area (Å²) < 4.78 is 73.7. The van der Waals surface area contributed by atoms with E-state index in [4.69, 9.17) is 9.57 Å². The average Bonchev–Trinajstić information content (AvgIpc) is 3.63. The number of rotatable bonds is 11. The van der Waals surface area contributed by atoms with Crippen molar-refractivity contribution in [3.05, 3.63) is 106 Å². The third kappa shape index (κ3) is 7.51. The summed E-state index contributed by atoms with van der Waals surface area (Å²) in [7, 11) is -3.24. The normalized spacial score (nSPS) is 14.0. The van der Waals surface area contributed by atoms with Gasteiger partial charge in [-0.25, -0.2) is 27.5 Å². The van der Waals surface area contributed by atoms with Crippen LogP contribution in [0.5, 0.6) is 0 Å². The van der Waals surface area contributed by atoms with Crippen molar-refractivity contribution in [2.24, 2.45) is 5.28 Å². The number of hydrogen-bond acceptors (Lipinski definition) is 10. The van der Waals surface area contributed by atoms with Crippen molar-refractivity contribution in [1.29, 1.82) is 0 Å². The highest BCUT2D eigenvalue weighted by molar-refractivity contribution is 7.90. The lowest BCUT2D eigenvalue weighted by Gasteiger charge is -2.19. The maximum atomic E-state index is 13.5. The van der Waals surface area contributed by atoms with Crippen molar-refractivity contribution in [2.75, 3.05) is 20.2 Å². The number of amides is 3. The van der Waals surface area contributed by atoms with Crippen LogP contribution in [0.15, 0.2) is 89.0 Å². The number of hydrogen-bond donors (Lipinski definition) is 1. The molecule has 0 aliphatic carbocycles. The number of nitrogens with one attached hydrogen (secondary N) is 1. The molecule has 19 heteroatoms. The van der Waals surface area contributed by atoms with Gasteiger partial charge >= 0.3 is 12.3 Å². The van der Waals surface area contributed by atoms with Gasteiger partial charge in [-0.2, -0.15) is 18.3 Å². The van der Waals surface area contributed by atoms with Gasteiger partial charge in [0.1, 0.15) is 13.2 Å². The van der Waals surface area contributed by atoms with Crippen LogP contribution in [0.1, 0.15) is 38.9 Å². The number of carbonyl (C=O) groups excluding carboxylic acids is 3. The molecule has 1 unspecified atom stereocenters. The average molecular weight is 716 g/mol. The SMILES string of the molecule is Cc1ccc(-c2cc(C(F)(F)F)nn2-c2ccc(S(=O)(=O)NC(=O)OCCN(C)/[N+]([O-])=N\OC(C)N3C(=O)c4ccccc4C3=O)cc2)cc1. The van der Waals surface area contributed by atoms with Crippen molar-refractivity contribution in [2.45, 2.75) is 31.1 Å². The van der Waals surface area contributed by atoms with E-state index in [9.17, 15) is 41.2 Å². The van der Waals surface area contributed by atoms with E-state index >= 15 is 0 Å². The monoisotopic (exact) mass is 715 g/mol. The fourth-order valence-corrected chi connectivity index (χ4v) is 5.61. The van der Waals surface area contributed by atoms with E-state index in [0.717, 1.165) is 38.4 Å². The number of benzene rings is 3. The van der Waals surface area contributed by atoms with Crippen molar-refractivity contribution in [3.8, 4) is 16.9 Å². The quantitative estimate of drug-likeness (QED) is 0.0994. The molecule has 15 nitrogen and oxygen atoms in total. The van der Waals surface area contributed by atoms with Crippen molar-refractivity contribution in [1.82, 2.24) is 24.4 Å². The minimum absolute atomic E-state index is 0.0320. The number of likely N-dealkylation sites (N-methyl/N-ethyl adjacent to an activating group) is 1. The van der Waals surface area contributed by atoms with Crippen molar-refractivity contribution < 1.29 is 50.5 Å². The van der Waals surface area contributed by atoms with E-state index in [1.54, 1.807) is 41.1 Å². The topological polar surface area (TPSA) is 179 Å². The highest BCUT2D eigenvalue weighted by Gasteiger charge is 2.40. The third-order valence-corrected chi connectivity index (χ3v) is 8.68. The molecule has 1 aliphatic rings. The molecule has 1 aromatic heterocycles. The number of imide groups is 1. The smallest absolute Gasteiger partial charge is 0.435 e. The number of fused-ring (bicyclic) bond motifs is 1. The number of aromatic nitrogens is 2. The lowest BCUT2D eigenvalue weighted by Crippen LogP contribution is -2.39. The Morgan fingerprint density at radius 2 is 1.64 bits per heavy atom. The number of hydrazine groups is 1. The summed E-state index contributed by atoms with van der Waals surface area (Å²) in [5, 5.41) is 20.2. The number of halogens is 3. The number of nitrogens with zero attached hydrogens (tertiary/aromatic N) is 6. The molecule has 1 N–H and O–H groups in total. The Bertz CT molecular complexity index is 2030. The molecule has 262 valence electrons. The number of carbonyl (C=O) groups is 3. The Morgan fingerprint density at radius 1 is 1.04 bits per heavy atom. The molecule has 1 aliphatic heterocycles. The van der Waals surface area contributed by atoms with Crippen molar-refractivity contribution in [3.63, 3.8) is 0 Å². The predicted octanol–water partition coefficient (Wildman–Crippen LogP) is 4.66. The number of sulfonamides is 1. The predicted molar refractivity (Wildman–Crippen MR) is 167 cm³/mol. The fourth-order valence-electron chi connectivity index (χ4n) is 4.72. The van der Waals surface area contributed by atoms with Gasteiger partial charge in [-0.3, -0.25) is 9.59 Å². The molecular formula is C31H28F3N7O8S. The number of aryl methyl sites for hydroxylation is 1. The molecule has 1 atom stereocenters. The van der Waals surface area contributed by atoms with E-state index in [2.05, 4.69) is 10.4 Å². The van der Waals surface area contributed by atoms with Crippen LogP contribution in [0.2, 0.25) is 0 Å². The van der Waals surface area contributed by atoms with Crippen molar-refractivity contribution >= 4 is 27.9 Å². The summed E-state index contributed by atoms with van der Waals surface area (Å²) in [5.74, 6) is -1.23. The van der Waals surface area contributed by atoms with E-state index in [-0.39, 0.29) is 34.0 Å². The molecule has 4 aromatic rings. The zero-order chi connectivity index (χ0) is 36.4. The molecule has 0 saturated carbocycles. The molecule has 0 bridgehead atoms. The zero-order valence-electron chi connectivity index (χ0n) is 26.5. The molecule has 3 amide bonds. The summed E-state index contributed by atoms with van der Waals surface area (Å²) in [6.45, 7) is 2.39.